The van der Waals surface area contributed by atoms with Gasteiger partial charge in [-0.05, 0) is 30.4 Å². The predicted molar refractivity (Wildman–Crippen MR) is 67.1 cm³/mol. The van der Waals surface area contributed by atoms with Gasteiger partial charge < -0.3 is 10.7 Å². The van der Waals surface area contributed by atoms with Crippen LogP contribution >= 0.6 is 35.4 Å². The molecule has 3 N–H and O–H groups in total. The van der Waals surface area contributed by atoms with Crippen molar-refractivity contribution in [2.45, 2.75) is 0 Å². The topological polar surface area (TPSA) is 67.6 Å². The zero-order valence-corrected chi connectivity index (χ0v) is 10.2. The molecule has 0 fully saturated rings. The van der Waals surface area contributed by atoms with Crippen LogP contribution in [0.1, 0.15) is 0 Å². The van der Waals surface area contributed by atoms with Crippen molar-refractivity contribution in [2.24, 2.45) is 0 Å². The van der Waals surface area contributed by atoms with Gasteiger partial charge in [0.1, 0.15) is 5.82 Å². The summed E-state index contributed by atoms with van der Waals surface area (Å²) in [6, 6.07) is 5.05. The van der Waals surface area contributed by atoms with Crippen LogP contribution in [-0.4, -0.2) is 15.0 Å². The molecule has 0 radical (unpaired) electrons. The Labute approximate surface area is 106 Å². The van der Waals surface area contributed by atoms with Crippen molar-refractivity contribution in [3.63, 3.8) is 0 Å². The molecule has 0 aliphatic rings. The van der Waals surface area contributed by atoms with Crippen LogP contribution in [0.25, 0.3) is 11.4 Å². The normalized spacial score (nSPS) is 10.4. The zero-order valence-electron chi connectivity index (χ0n) is 7.87. The molecule has 0 aliphatic heterocycles. The summed E-state index contributed by atoms with van der Waals surface area (Å²) < 4.78 is 0.169. The Hall–Kier alpha value is -1.17. The van der Waals surface area contributed by atoms with E-state index < -0.39 is 0 Å². The van der Waals surface area contributed by atoms with Crippen molar-refractivity contribution in [3.8, 4) is 11.4 Å². The number of halogens is 2. The van der Waals surface area contributed by atoms with Crippen molar-refractivity contribution in [3.05, 3.63) is 33.0 Å². The first-order valence-electron chi connectivity index (χ1n) is 4.25. The number of nitrogens with one attached hydrogen (secondary N) is 1. The maximum atomic E-state index is 5.88. The predicted octanol–water partition coefficient (Wildman–Crippen LogP) is 3.09. The maximum absolute atomic E-state index is 5.88. The van der Waals surface area contributed by atoms with Crippen molar-refractivity contribution >= 4 is 41.4 Å². The van der Waals surface area contributed by atoms with Gasteiger partial charge in [-0.15, -0.1) is 0 Å². The minimum atomic E-state index is 0.169. The van der Waals surface area contributed by atoms with E-state index in [1.807, 2.05) is 0 Å². The molecular formula is C9H6Cl2N4S. The van der Waals surface area contributed by atoms with Crippen molar-refractivity contribution in [1.82, 2.24) is 15.0 Å². The third-order valence-corrected chi connectivity index (χ3v) is 2.43. The summed E-state index contributed by atoms with van der Waals surface area (Å²) in [6.45, 7) is 0. The fourth-order valence-corrected chi connectivity index (χ4v) is 1.94. The van der Waals surface area contributed by atoms with Gasteiger partial charge in [-0.3, -0.25) is 0 Å². The van der Waals surface area contributed by atoms with Gasteiger partial charge in [0, 0.05) is 15.6 Å². The number of nitrogens with zero attached hydrogens (tertiary/aromatic N) is 2. The zero-order chi connectivity index (χ0) is 11.7. The standard InChI is InChI=1S/C9H6Cl2N4S/c10-5-1-4(2-6(11)3-5)7-13-8(12)15-9(16)14-7/h1-3H,(H3,12,13,14,15,16). The highest BCUT2D eigenvalue weighted by Gasteiger charge is 2.04. The van der Waals surface area contributed by atoms with E-state index in [0.717, 1.165) is 0 Å². The fraction of sp³-hybridized carbons (Fsp3) is 0. The van der Waals surface area contributed by atoms with E-state index in [-0.39, 0.29) is 10.7 Å². The number of nitrogen functional groups attached to an aromatic ring is 1. The number of aromatic amines is 1. The Kier molecular flexibility index (Phi) is 3.09. The number of hydrogen-bond acceptors (Lipinski definition) is 4. The van der Waals surface area contributed by atoms with Crippen LogP contribution in [0.4, 0.5) is 5.95 Å². The minimum Gasteiger partial charge on any atom is -0.369 e. The first-order valence-corrected chi connectivity index (χ1v) is 5.41. The first kappa shape index (κ1) is 11.3. The summed E-state index contributed by atoms with van der Waals surface area (Å²) >= 11 is 16.6. The second-order valence-electron chi connectivity index (χ2n) is 3.02. The van der Waals surface area contributed by atoms with E-state index in [1.54, 1.807) is 18.2 Å². The molecule has 0 amide bonds. The second-order valence-corrected chi connectivity index (χ2v) is 4.26. The van der Waals surface area contributed by atoms with E-state index in [1.165, 1.54) is 0 Å². The molecular weight excluding hydrogens is 267 g/mol. The number of nitrogens with two attached hydrogens (primary N) is 1. The molecule has 4 nitrogen and oxygen atoms in total. The summed E-state index contributed by atoms with van der Waals surface area (Å²) in [6.07, 6.45) is 0. The first-order chi connectivity index (χ1) is 7.54. The van der Waals surface area contributed by atoms with Gasteiger partial charge in [0.25, 0.3) is 0 Å². The van der Waals surface area contributed by atoms with E-state index in [4.69, 9.17) is 41.2 Å². The highest BCUT2D eigenvalue weighted by molar-refractivity contribution is 7.71. The molecule has 0 aliphatic carbocycles. The number of benzene rings is 1. The average Bonchev–Trinajstić information content (AvgIpc) is 2.14. The van der Waals surface area contributed by atoms with E-state index in [0.29, 0.717) is 21.4 Å². The quantitative estimate of drug-likeness (QED) is 0.783. The van der Waals surface area contributed by atoms with Gasteiger partial charge in [0.15, 0.2) is 0 Å². The molecule has 0 bridgehead atoms. The lowest BCUT2D eigenvalue weighted by atomic mass is 10.2. The van der Waals surface area contributed by atoms with Gasteiger partial charge in [-0.1, -0.05) is 23.2 Å². The van der Waals surface area contributed by atoms with E-state index in [9.17, 15) is 0 Å². The second kappa shape index (κ2) is 4.37. The summed E-state index contributed by atoms with van der Waals surface area (Å²) in [7, 11) is 0. The van der Waals surface area contributed by atoms with Gasteiger partial charge in [-0.25, -0.2) is 4.98 Å². The Bertz CT molecular complexity index is 576. The van der Waals surface area contributed by atoms with Crippen molar-refractivity contribution in [1.29, 1.82) is 0 Å². The lowest BCUT2D eigenvalue weighted by Gasteiger charge is -2.03. The van der Waals surface area contributed by atoms with E-state index >= 15 is 0 Å². The molecule has 1 heterocycles. The van der Waals surface area contributed by atoms with Crippen LogP contribution in [0.5, 0.6) is 0 Å². The van der Waals surface area contributed by atoms with Gasteiger partial charge >= 0.3 is 0 Å². The third-order valence-electron chi connectivity index (χ3n) is 1.81. The summed E-state index contributed by atoms with van der Waals surface area (Å²) in [5.41, 5.74) is 6.24. The molecule has 16 heavy (non-hydrogen) atoms. The molecule has 0 saturated heterocycles. The SMILES string of the molecule is Nc1nc(=S)nc(-c2cc(Cl)cc(Cl)c2)[nH]1. The number of rotatable bonds is 1. The van der Waals surface area contributed by atoms with Crippen molar-refractivity contribution in [2.75, 3.05) is 5.73 Å². The molecule has 2 aromatic rings. The molecule has 82 valence electrons. The van der Waals surface area contributed by atoms with Gasteiger partial charge in [0.05, 0.1) is 0 Å². The van der Waals surface area contributed by atoms with Crippen LogP contribution < -0.4 is 5.73 Å². The van der Waals surface area contributed by atoms with Crippen LogP contribution in [0.2, 0.25) is 10.0 Å². The number of aromatic nitrogens is 3. The lowest BCUT2D eigenvalue weighted by Crippen LogP contribution is -1.99. The smallest absolute Gasteiger partial charge is 0.224 e. The van der Waals surface area contributed by atoms with Crippen molar-refractivity contribution < 1.29 is 0 Å². The van der Waals surface area contributed by atoms with Gasteiger partial charge in [0.2, 0.25) is 10.7 Å². The lowest BCUT2D eigenvalue weighted by molar-refractivity contribution is 1.05. The Morgan fingerprint density at radius 2 is 1.75 bits per heavy atom. The van der Waals surface area contributed by atoms with Crippen LogP contribution in [-0.2, 0) is 0 Å². The third kappa shape index (κ3) is 2.49. The number of anilines is 1. The van der Waals surface area contributed by atoms with Crippen LogP contribution in [0.15, 0.2) is 18.2 Å². The van der Waals surface area contributed by atoms with E-state index in [2.05, 4.69) is 15.0 Å². The van der Waals surface area contributed by atoms with Gasteiger partial charge in [-0.2, -0.15) is 4.98 Å². The number of hydrogen-bond donors (Lipinski definition) is 2. The molecule has 1 aromatic heterocycles. The fourth-order valence-electron chi connectivity index (χ4n) is 1.23. The monoisotopic (exact) mass is 272 g/mol. The molecule has 0 unspecified atom stereocenters. The largest absolute Gasteiger partial charge is 0.369 e. The summed E-state index contributed by atoms with van der Waals surface area (Å²) in [5, 5.41) is 1.03. The molecule has 7 heteroatoms. The maximum Gasteiger partial charge on any atom is 0.224 e. The van der Waals surface area contributed by atoms with Crippen LogP contribution in [0.3, 0.4) is 0 Å². The average molecular weight is 273 g/mol. The highest BCUT2D eigenvalue weighted by Crippen LogP contribution is 2.24. The summed E-state index contributed by atoms with van der Waals surface area (Å²) in [5.74, 6) is 0.688. The molecule has 0 atom stereocenters. The molecule has 2 rings (SSSR count). The molecule has 0 spiro atoms. The minimum absolute atomic E-state index is 0.169. The Morgan fingerprint density at radius 1 is 1.12 bits per heavy atom. The number of H-pyrrole nitrogens is 1. The summed E-state index contributed by atoms with van der Waals surface area (Å²) in [4.78, 5) is 10.6. The Morgan fingerprint density at radius 3 is 2.31 bits per heavy atom. The molecule has 0 saturated carbocycles. The van der Waals surface area contributed by atoms with Crippen LogP contribution in [0, 0.1) is 4.77 Å². The molecule has 1 aromatic carbocycles. The highest BCUT2D eigenvalue weighted by atomic mass is 35.5. The Balaban J connectivity index is 2.62.